The molecule has 2 aromatic rings. The normalized spacial score (nSPS) is 16.8. The smallest absolute Gasteiger partial charge is 0.244 e. The zero-order valence-electron chi connectivity index (χ0n) is 16.0. The van der Waals surface area contributed by atoms with Crippen molar-refractivity contribution in [2.45, 2.75) is 52.1 Å². The van der Waals surface area contributed by atoms with Crippen LogP contribution in [0.4, 0.5) is 0 Å². The predicted molar refractivity (Wildman–Crippen MR) is 96.4 cm³/mol. The zero-order chi connectivity index (χ0) is 18.7. The topological polar surface area (TPSA) is 88.9 Å². The van der Waals surface area contributed by atoms with Crippen LogP contribution in [0.1, 0.15) is 67.3 Å². The van der Waals surface area contributed by atoms with E-state index in [1.165, 1.54) is 0 Å². The first-order valence-corrected chi connectivity index (χ1v) is 9.21. The van der Waals surface area contributed by atoms with Crippen molar-refractivity contribution in [3.8, 4) is 6.07 Å². The summed E-state index contributed by atoms with van der Waals surface area (Å²) in [5.41, 5.74) is 2.87. The van der Waals surface area contributed by atoms with Gasteiger partial charge in [0.15, 0.2) is 5.82 Å². The van der Waals surface area contributed by atoms with Gasteiger partial charge >= 0.3 is 0 Å². The number of nitrogens with one attached hydrogen (secondary N) is 1. The number of ether oxygens (including phenoxy) is 1. The van der Waals surface area contributed by atoms with E-state index < -0.39 is 0 Å². The first kappa shape index (κ1) is 18.6. The minimum absolute atomic E-state index is 0.0101. The Balaban J connectivity index is 1.80. The van der Waals surface area contributed by atoms with Crippen LogP contribution in [0.15, 0.2) is 10.6 Å². The number of aromatic nitrogens is 3. The van der Waals surface area contributed by atoms with Crippen LogP contribution in [-0.4, -0.2) is 27.9 Å². The van der Waals surface area contributed by atoms with E-state index in [4.69, 9.17) is 9.26 Å². The quantitative estimate of drug-likeness (QED) is 0.855. The molecule has 1 unspecified atom stereocenters. The van der Waals surface area contributed by atoms with E-state index in [9.17, 15) is 5.26 Å². The number of hydrogen-bond donors (Lipinski definition) is 1. The second-order valence-electron chi connectivity index (χ2n) is 7.26. The average Bonchev–Trinajstić information content (AvgIpc) is 3.23. The van der Waals surface area contributed by atoms with Crippen LogP contribution in [0.2, 0.25) is 0 Å². The van der Waals surface area contributed by atoms with Crippen LogP contribution < -0.4 is 5.32 Å². The Kier molecular flexibility index (Phi) is 5.74. The van der Waals surface area contributed by atoms with Gasteiger partial charge in [0.25, 0.3) is 0 Å². The van der Waals surface area contributed by atoms with E-state index in [1.54, 1.807) is 0 Å². The monoisotopic (exact) mass is 357 g/mol. The highest BCUT2D eigenvalue weighted by Gasteiger charge is 2.30. The molecule has 0 saturated carbocycles. The molecule has 0 spiro atoms. The average molecular weight is 357 g/mol. The molecule has 0 amide bonds. The molecule has 3 heterocycles. The summed E-state index contributed by atoms with van der Waals surface area (Å²) in [6.45, 7) is 8.33. The molecule has 3 rings (SSSR count). The highest BCUT2D eigenvalue weighted by molar-refractivity contribution is 5.34. The van der Waals surface area contributed by atoms with Crippen molar-refractivity contribution in [2.75, 3.05) is 13.2 Å². The summed E-state index contributed by atoms with van der Waals surface area (Å²) in [5.74, 6) is 2.01. The summed E-state index contributed by atoms with van der Waals surface area (Å²) in [7, 11) is 1.92. The van der Waals surface area contributed by atoms with Crippen molar-refractivity contribution in [3.63, 3.8) is 0 Å². The highest BCUT2D eigenvalue weighted by atomic mass is 16.5. The van der Waals surface area contributed by atoms with Crippen molar-refractivity contribution >= 4 is 0 Å². The Morgan fingerprint density at radius 2 is 2.12 bits per heavy atom. The van der Waals surface area contributed by atoms with Gasteiger partial charge in [0.1, 0.15) is 11.8 Å². The Hall–Kier alpha value is -2.17. The largest absolute Gasteiger partial charge is 0.381 e. The van der Waals surface area contributed by atoms with E-state index in [2.05, 4.69) is 35.4 Å². The zero-order valence-corrected chi connectivity index (χ0v) is 16.0. The van der Waals surface area contributed by atoms with Crippen LogP contribution >= 0.6 is 0 Å². The molecule has 0 aliphatic carbocycles. The van der Waals surface area contributed by atoms with E-state index in [0.29, 0.717) is 24.0 Å². The molecule has 26 heavy (non-hydrogen) atoms. The van der Waals surface area contributed by atoms with Crippen molar-refractivity contribution in [1.29, 1.82) is 5.26 Å². The molecular formula is C19H27N5O2. The van der Waals surface area contributed by atoms with Crippen molar-refractivity contribution in [2.24, 2.45) is 13.0 Å². The molecule has 2 aromatic heterocycles. The van der Waals surface area contributed by atoms with Gasteiger partial charge in [0, 0.05) is 38.4 Å². The first-order chi connectivity index (χ1) is 12.5. The minimum atomic E-state index is -0.0101. The Morgan fingerprint density at radius 1 is 1.38 bits per heavy atom. The lowest BCUT2D eigenvalue weighted by molar-refractivity contribution is 0.0485. The Morgan fingerprint density at radius 3 is 2.69 bits per heavy atom. The molecule has 1 aliphatic heterocycles. The summed E-state index contributed by atoms with van der Waals surface area (Å²) in [6.07, 6.45) is 1.93. The standard InChI is InChI=1S/C19H27N5O2/c1-12(2)18-22-19(26-23-18)17(14-5-7-25-8-6-14)21-11-15-9-16(10-20)24(4)13(15)3/h9,12,14,17,21H,5-8,11H2,1-4H3. The molecule has 140 valence electrons. The number of rotatable bonds is 6. The number of nitrogens with zero attached hydrogens (tertiary/aromatic N) is 4. The van der Waals surface area contributed by atoms with E-state index in [-0.39, 0.29) is 12.0 Å². The fourth-order valence-electron chi connectivity index (χ4n) is 3.38. The number of nitriles is 1. The third-order valence-electron chi connectivity index (χ3n) is 5.24. The van der Waals surface area contributed by atoms with Crippen molar-refractivity contribution in [1.82, 2.24) is 20.0 Å². The first-order valence-electron chi connectivity index (χ1n) is 9.21. The van der Waals surface area contributed by atoms with Crippen LogP contribution in [0.3, 0.4) is 0 Å². The molecule has 1 saturated heterocycles. The second-order valence-corrected chi connectivity index (χ2v) is 7.26. The molecule has 1 atom stereocenters. The van der Waals surface area contributed by atoms with Crippen LogP contribution in [0.25, 0.3) is 0 Å². The second kappa shape index (κ2) is 8.02. The van der Waals surface area contributed by atoms with Gasteiger partial charge < -0.3 is 19.1 Å². The maximum Gasteiger partial charge on any atom is 0.244 e. The minimum Gasteiger partial charge on any atom is -0.381 e. The van der Waals surface area contributed by atoms with Gasteiger partial charge in [-0.05, 0) is 37.3 Å². The number of hydrogen-bond acceptors (Lipinski definition) is 6. The molecule has 1 aliphatic rings. The van der Waals surface area contributed by atoms with Gasteiger partial charge in [0.05, 0.1) is 6.04 Å². The van der Waals surface area contributed by atoms with Crippen molar-refractivity contribution < 1.29 is 9.26 Å². The SMILES string of the molecule is Cc1c(CNC(c2nc(C(C)C)no2)C2CCOCC2)cc(C#N)n1C. The summed E-state index contributed by atoms with van der Waals surface area (Å²) >= 11 is 0. The van der Waals surface area contributed by atoms with Crippen LogP contribution in [0, 0.1) is 24.2 Å². The summed E-state index contributed by atoms with van der Waals surface area (Å²) in [4.78, 5) is 4.62. The summed E-state index contributed by atoms with van der Waals surface area (Å²) in [5, 5.41) is 17.0. The van der Waals surface area contributed by atoms with Gasteiger partial charge in [-0.15, -0.1) is 0 Å². The highest BCUT2D eigenvalue weighted by Crippen LogP contribution is 2.30. The maximum atomic E-state index is 9.23. The summed E-state index contributed by atoms with van der Waals surface area (Å²) < 4.78 is 13.0. The van der Waals surface area contributed by atoms with Gasteiger partial charge in [-0.3, -0.25) is 0 Å². The van der Waals surface area contributed by atoms with Gasteiger partial charge in [-0.1, -0.05) is 19.0 Å². The van der Waals surface area contributed by atoms with Gasteiger partial charge in [0.2, 0.25) is 5.89 Å². The third kappa shape index (κ3) is 3.81. The maximum absolute atomic E-state index is 9.23. The lowest BCUT2D eigenvalue weighted by Gasteiger charge is -2.28. The molecule has 0 radical (unpaired) electrons. The van der Waals surface area contributed by atoms with Crippen LogP contribution in [0.5, 0.6) is 0 Å². The molecule has 7 nitrogen and oxygen atoms in total. The molecular weight excluding hydrogens is 330 g/mol. The Labute approximate surface area is 154 Å². The molecule has 7 heteroatoms. The van der Waals surface area contributed by atoms with E-state index in [0.717, 1.165) is 43.1 Å². The van der Waals surface area contributed by atoms with Gasteiger partial charge in [-0.25, -0.2) is 0 Å². The fraction of sp³-hybridized carbons (Fsp3) is 0.632. The van der Waals surface area contributed by atoms with E-state index >= 15 is 0 Å². The predicted octanol–water partition coefficient (Wildman–Crippen LogP) is 2.97. The van der Waals surface area contributed by atoms with E-state index in [1.807, 2.05) is 24.6 Å². The van der Waals surface area contributed by atoms with Gasteiger partial charge in [-0.2, -0.15) is 10.2 Å². The summed E-state index contributed by atoms with van der Waals surface area (Å²) in [6, 6.07) is 4.16. The lowest BCUT2D eigenvalue weighted by atomic mass is 9.91. The fourth-order valence-corrected chi connectivity index (χ4v) is 3.38. The lowest BCUT2D eigenvalue weighted by Crippen LogP contribution is -2.32. The molecule has 0 bridgehead atoms. The molecule has 1 fully saturated rings. The molecule has 0 aromatic carbocycles. The van der Waals surface area contributed by atoms with Crippen LogP contribution in [-0.2, 0) is 18.3 Å². The molecule has 1 N–H and O–H groups in total. The third-order valence-corrected chi connectivity index (χ3v) is 5.24. The van der Waals surface area contributed by atoms with Crippen molar-refractivity contribution in [3.05, 3.63) is 34.7 Å². The Bertz CT molecular complexity index is 780.